The molecule has 0 radical (unpaired) electrons. The molecule has 0 aliphatic rings. The lowest BCUT2D eigenvalue weighted by Crippen LogP contribution is -2.00. The van der Waals surface area contributed by atoms with Gasteiger partial charge in [-0.25, -0.2) is 4.39 Å². The van der Waals surface area contributed by atoms with Gasteiger partial charge in [-0.1, -0.05) is 11.6 Å². The Hall–Kier alpha value is -1.52. The lowest BCUT2D eigenvalue weighted by atomic mass is 10.3. The number of benzene rings is 1. The summed E-state index contributed by atoms with van der Waals surface area (Å²) in [4.78, 5) is 0. The van der Waals surface area contributed by atoms with Gasteiger partial charge in [0.05, 0.1) is 12.2 Å². The maximum Gasteiger partial charge on any atom is 0.146 e. The molecule has 0 unspecified atom stereocenters. The average molecular weight is 256 g/mol. The molecule has 5 heteroatoms. The van der Waals surface area contributed by atoms with Gasteiger partial charge < -0.3 is 14.8 Å². The zero-order chi connectivity index (χ0) is 12.3. The van der Waals surface area contributed by atoms with Crippen molar-refractivity contribution in [2.45, 2.75) is 13.2 Å². The molecule has 0 saturated heterocycles. The first-order valence-corrected chi connectivity index (χ1v) is 5.44. The van der Waals surface area contributed by atoms with Gasteiger partial charge >= 0.3 is 0 Å². The number of aliphatic hydroxyl groups excluding tert-OH is 1. The SMILES string of the molecule is OCc1ccc(CNc2cc(Cl)ccc2F)o1. The zero-order valence-corrected chi connectivity index (χ0v) is 9.67. The van der Waals surface area contributed by atoms with Gasteiger partial charge in [0.2, 0.25) is 0 Å². The van der Waals surface area contributed by atoms with E-state index in [4.69, 9.17) is 21.1 Å². The van der Waals surface area contributed by atoms with E-state index < -0.39 is 0 Å². The second-order valence-electron chi connectivity index (χ2n) is 3.50. The predicted molar refractivity (Wildman–Crippen MR) is 63.4 cm³/mol. The van der Waals surface area contributed by atoms with Gasteiger partial charge in [-0.3, -0.25) is 0 Å². The van der Waals surface area contributed by atoms with Crippen molar-refractivity contribution in [1.29, 1.82) is 0 Å². The number of hydrogen-bond acceptors (Lipinski definition) is 3. The van der Waals surface area contributed by atoms with E-state index in [9.17, 15) is 4.39 Å². The van der Waals surface area contributed by atoms with Crippen LogP contribution in [-0.2, 0) is 13.2 Å². The molecule has 0 amide bonds. The van der Waals surface area contributed by atoms with Gasteiger partial charge in [0.15, 0.2) is 0 Å². The van der Waals surface area contributed by atoms with Crippen LogP contribution in [0.1, 0.15) is 11.5 Å². The molecule has 1 aromatic heterocycles. The molecule has 0 bridgehead atoms. The van der Waals surface area contributed by atoms with E-state index in [0.717, 1.165) is 0 Å². The van der Waals surface area contributed by atoms with Crippen LogP contribution in [0.2, 0.25) is 5.02 Å². The molecule has 0 spiro atoms. The van der Waals surface area contributed by atoms with Gasteiger partial charge in [-0.05, 0) is 30.3 Å². The lowest BCUT2D eigenvalue weighted by molar-refractivity contribution is 0.244. The van der Waals surface area contributed by atoms with Crippen LogP contribution in [0.3, 0.4) is 0 Å². The summed E-state index contributed by atoms with van der Waals surface area (Å²) in [7, 11) is 0. The molecule has 0 saturated carbocycles. The van der Waals surface area contributed by atoms with E-state index in [1.54, 1.807) is 12.1 Å². The number of hydrogen-bond donors (Lipinski definition) is 2. The summed E-state index contributed by atoms with van der Waals surface area (Å²) in [6.07, 6.45) is 0. The average Bonchev–Trinajstić information content (AvgIpc) is 2.78. The number of rotatable bonds is 4. The molecule has 0 aliphatic heterocycles. The Labute approximate surface area is 103 Å². The Kier molecular flexibility index (Phi) is 3.66. The van der Waals surface area contributed by atoms with Crippen molar-refractivity contribution >= 4 is 17.3 Å². The van der Waals surface area contributed by atoms with Crippen molar-refractivity contribution < 1.29 is 13.9 Å². The molecule has 1 heterocycles. The van der Waals surface area contributed by atoms with Crippen LogP contribution in [0.25, 0.3) is 0 Å². The highest BCUT2D eigenvalue weighted by Gasteiger charge is 2.05. The number of nitrogens with one attached hydrogen (secondary N) is 1. The summed E-state index contributed by atoms with van der Waals surface area (Å²) in [6.45, 7) is 0.183. The zero-order valence-electron chi connectivity index (χ0n) is 8.91. The van der Waals surface area contributed by atoms with Crippen LogP contribution in [0.4, 0.5) is 10.1 Å². The summed E-state index contributed by atoms with van der Waals surface area (Å²) >= 11 is 5.76. The monoisotopic (exact) mass is 255 g/mol. The molecular formula is C12H11ClFNO2. The summed E-state index contributed by atoms with van der Waals surface area (Å²) < 4.78 is 18.6. The van der Waals surface area contributed by atoms with Gasteiger partial charge in [0, 0.05) is 5.02 Å². The van der Waals surface area contributed by atoms with Crippen LogP contribution in [-0.4, -0.2) is 5.11 Å². The van der Waals surface area contributed by atoms with E-state index in [1.165, 1.54) is 18.2 Å². The van der Waals surface area contributed by atoms with Crippen LogP contribution >= 0.6 is 11.6 Å². The molecule has 3 nitrogen and oxygen atoms in total. The molecule has 90 valence electrons. The molecule has 2 aromatic rings. The minimum absolute atomic E-state index is 0.147. The second kappa shape index (κ2) is 5.21. The van der Waals surface area contributed by atoms with Gasteiger partial charge in [0.1, 0.15) is 23.9 Å². The van der Waals surface area contributed by atoms with Gasteiger partial charge in [0.25, 0.3) is 0 Å². The fourth-order valence-corrected chi connectivity index (χ4v) is 1.59. The highest BCUT2D eigenvalue weighted by atomic mass is 35.5. The maximum absolute atomic E-state index is 13.4. The first kappa shape index (κ1) is 12.0. The molecule has 0 fully saturated rings. The molecule has 1 aromatic carbocycles. The van der Waals surface area contributed by atoms with Crippen molar-refractivity contribution in [2.24, 2.45) is 0 Å². The van der Waals surface area contributed by atoms with Crippen molar-refractivity contribution in [2.75, 3.05) is 5.32 Å². The standard InChI is InChI=1S/C12H11ClFNO2/c13-8-1-4-11(14)12(5-8)15-6-9-2-3-10(7-16)17-9/h1-5,15-16H,6-7H2. The van der Waals surface area contributed by atoms with E-state index in [0.29, 0.717) is 28.8 Å². The van der Waals surface area contributed by atoms with Crippen LogP contribution in [0, 0.1) is 5.82 Å². The fraction of sp³-hybridized carbons (Fsp3) is 0.167. The Morgan fingerprint density at radius 1 is 1.24 bits per heavy atom. The largest absolute Gasteiger partial charge is 0.462 e. The lowest BCUT2D eigenvalue weighted by Gasteiger charge is -2.06. The van der Waals surface area contributed by atoms with Crippen molar-refractivity contribution in [3.8, 4) is 0 Å². The van der Waals surface area contributed by atoms with Crippen LogP contribution in [0.5, 0.6) is 0 Å². The number of furan rings is 1. The third kappa shape index (κ3) is 2.99. The van der Waals surface area contributed by atoms with Crippen LogP contribution < -0.4 is 5.32 Å². The number of halogens is 2. The van der Waals surface area contributed by atoms with Crippen molar-refractivity contribution in [3.05, 3.63) is 52.7 Å². The minimum atomic E-state index is -0.372. The molecule has 0 aliphatic carbocycles. The normalized spacial score (nSPS) is 10.5. The van der Waals surface area contributed by atoms with E-state index in [-0.39, 0.29) is 12.4 Å². The summed E-state index contributed by atoms with van der Waals surface area (Å²) in [5.41, 5.74) is 0.319. The van der Waals surface area contributed by atoms with E-state index in [1.807, 2.05) is 0 Å². The van der Waals surface area contributed by atoms with Gasteiger partial charge in [-0.15, -0.1) is 0 Å². The highest BCUT2D eigenvalue weighted by molar-refractivity contribution is 6.30. The number of aliphatic hydroxyl groups is 1. The Morgan fingerprint density at radius 3 is 2.71 bits per heavy atom. The third-order valence-corrected chi connectivity index (χ3v) is 2.49. The molecule has 2 N–H and O–H groups in total. The van der Waals surface area contributed by atoms with Crippen molar-refractivity contribution in [1.82, 2.24) is 0 Å². The summed E-state index contributed by atoms with van der Waals surface area (Å²) in [5, 5.41) is 12.2. The van der Waals surface area contributed by atoms with Gasteiger partial charge in [-0.2, -0.15) is 0 Å². The first-order chi connectivity index (χ1) is 8.19. The Balaban J connectivity index is 2.04. The highest BCUT2D eigenvalue weighted by Crippen LogP contribution is 2.20. The van der Waals surface area contributed by atoms with E-state index in [2.05, 4.69) is 5.32 Å². The smallest absolute Gasteiger partial charge is 0.146 e. The van der Waals surface area contributed by atoms with E-state index >= 15 is 0 Å². The topological polar surface area (TPSA) is 45.4 Å². The summed E-state index contributed by atoms with van der Waals surface area (Å²) in [5.74, 6) is 0.727. The van der Waals surface area contributed by atoms with Crippen LogP contribution in [0.15, 0.2) is 34.7 Å². The quantitative estimate of drug-likeness (QED) is 0.882. The minimum Gasteiger partial charge on any atom is -0.462 e. The Bertz CT molecular complexity index is 513. The summed E-state index contributed by atoms with van der Waals surface area (Å²) in [6, 6.07) is 7.68. The fourth-order valence-electron chi connectivity index (χ4n) is 1.42. The molecule has 17 heavy (non-hydrogen) atoms. The molecular weight excluding hydrogens is 245 g/mol. The third-order valence-electron chi connectivity index (χ3n) is 2.25. The first-order valence-electron chi connectivity index (χ1n) is 5.06. The molecule has 0 atom stereocenters. The predicted octanol–water partition coefficient (Wildman–Crippen LogP) is 3.18. The Morgan fingerprint density at radius 2 is 2.00 bits per heavy atom. The number of anilines is 1. The second-order valence-corrected chi connectivity index (χ2v) is 3.94. The van der Waals surface area contributed by atoms with Crippen molar-refractivity contribution in [3.63, 3.8) is 0 Å². The molecule has 2 rings (SSSR count). The maximum atomic E-state index is 13.4.